The van der Waals surface area contributed by atoms with Crippen LogP contribution in [0.15, 0.2) is 30.5 Å². The van der Waals surface area contributed by atoms with E-state index in [0.717, 1.165) is 16.6 Å². The summed E-state index contributed by atoms with van der Waals surface area (Å²) in [4.78, 5) is 6.19. The number of nitrogens with zero attached hydrogens (tertiary/aromatic N) is 2. The lowest BCUT2D eigenvalue weighted by Gasteiger charge is -2.24. The van der Waals surface area contributed by atoms with Gasteiger partial charge < -0.3 is 15.1 Å². The lowest BCUT2D eigenvalue weighted by atomic mass is 10.1. The van der Waals surface area contributed by atoms with E-state index in [2.05, 4.69) is 4.98 Å². The third kappa shape index (κ3) is 2.72. The van der Waals surface area contributed by atoms with Crippen LogP contribution >= 0.6 is 11.6 Å². The zero-order chi connectivity index (χ0) is 13.0. The standard InChI is InChI=1S/C13H15ClN2O2/c14-10-1-2-12-11(9-10)13(3-4-15-12)16(5-7-17)6-8-18/h1-4,9,17-18H,5-8H2. The summed E-state index contributed by atoms with van der Waals surface area (Å²) in [6.45, 7) is 0.993. The number of hydrogen-bond donors (Lipinski definition) is 2. The van der Waals surface area contributed by atoms with Gasteiger partial charge in [-0.3, -0.25) is 4.98 Å². The second-order valence-electron chi connectivity index (χ2n) is 3.93. The molecule has 0 unspecified atom stereocenters. The maximum Gasteiger partial charge on any atom is 0.0723 e. The molecule has 2 rings (SSSR count). The first-order valence-electron chi connectivity index (χ1n) is 5.77. The Bertz CT molecular complexity index is 527. The van der Waals surface area contributed by atoms with Crippen LogP contribution in [-0.4, -0.2) is 41.5 Å². The lowest BCUT2D eigenvalue weighted by Crippen LogP contribution is -2.29. The number of benzene rings is 1. The molecule has 0 aliphatic heterocycles. The fraction of sp³-hybridized carbons (Fsp3) is 0.308. The van der Waals surface area contributed by atoms with E-state index in [4.69, 9.17) is 21.8 Å². The molecule has 0 amide bonds. The summed E-state index contributed by atoms with van der Waals surface area (Å²) in [5, 5.41) is 19.7. The molecule has 0 aliphatic carbocycles. The van der Waals surface area contributed by atoms with Gasteiger partial charge in [-0.15, -0.1) is 0 Å². The number of rotatable bonds is 5. The largest absolute Gasteiger partial charge is 0.395 e. The molecule has 0 saturated carbocycles. The molecule has 0 fully saturated rings. The number of fused-ring (bicyclic) bond motifs is 1. The Hall–Kier alpha value is -1.36. The van der Waals surface area contributed by atoms with Crippen molar-refractivity contribution in [1.29, 1.82) is 0 Å². The highest BCUT2D eigenvalue weighted by atomic mass is 35.5. The summed E-state index contributed by atoms with van der Waals surface area (Å²) in [7, 11) is 0. The molecule has 0 aliphatic rings. The van der Waals surface area contributed by atoms with Crippen molar-refractivity contribution < 1.29 is 10.2 Å². The van der Waals surface area contributed by atoms with E-state index >= 15 is 0 Å². The lowest BCUT2D eigenvalue weighted by molar-refractivity contribution is 0.281. The van der Waals surface area contributed by atoms with Crippen LogP contribution in [0.4, 0.5) is 5.69 Å². The zero-order valence-electron chi connectivity index (χ0n) is 9.88. The first-order chi connectivity index (χ1) is 8.76. The number of halogens is 1. The van der Waals surface area contributed by atoms with Gasteiger partial charge in [-0.1, -0.05) is 11.6 Å². The molecule has 1 aromatic heterocycles. The fourth-order valence-electron chi connectivity index (χ4n) is 1.97. The normalized spacial score (nSPS) is 10.8. The Morgan fingerprint density at radius 2 is 1.83 bits per heavy atom. The van der Waals surface area contributed by atoms with Crippen LogP contribution < -0.4 is 4.90 Å². The highest BCUT2D eigenvalue weighted by Crippen LogP contribution is 2.27. The van der Waals surface area contributed by atoms with Gasteiger partial charge in [0.25, 0.3) is 0 Å². The molecule has 1 aromatic carbocycles. The van der Waals surface area contributed by atoms with Crippen molar-refractivity contribution in [2.24, 2.45) is 0 Å². The molecule has 0 bridgehead atoms. The van der Waals surface area contributed by atoms with Gasteiger partial charge in [0.1, 0.15) is 0 Å². The summed E-state index contributed by atoms with van der Waals surface area (Å²) in [5.74, 6) is 0. The molecule has 4 nitrogen and oxygen atoms in total. The summed E-state index contributed by atoms with van der Waals surface area (Å²) < 4.78 is 0. The van der Waals surface area contributed by atoms with E-state index in [9.17, 15) is 0 Å². The first kappa shape index (κ1) is 13.1. The van der Waals surface area contributed by atoms with Crippen LogP contribution in [-0.2, 0) is 0 Å². The Morgan fingerprint density at radius 1 is 1.11 bits per heavy atom. The third-order valence-electron chi connectivity index (χ3n) is 2.76. The van der Waals surface area contributed by atoms with Crippen molar-refractivity contribution in [1.82, 2.24) is 4.98 Å². The average molecular weight is 267 g/mol. The van der Waals surface area contributed by atoms with Gasteiger partial charge in [-0.05, 0) is 24.3 Å². The molecule has 1 heterocycles. The van der Waals surface area contributed by atoms with Crippen LogP contribution in [0.3, 0.4) is 0 Å². The van der Waals surface area contributed by atoms with E-state index in [1.165, 1.54) is 0 Å². The number of anilines is 1. The smallest absolute Gasteiger partial charge is 0.0723 e. The van der Waals surface area contributed by atoms with Gasteiger partial charge in [0.2, 0.25) is 0 Å². The van der Waals surface area contributed by atoms with E-state index in [1.54, 1.807) is 12.3 Å². The van der Waals surface area contributed by atoms with Crippen LogP contribution in [0.1, 0.15) is 0 Å². The SMILES string of the molecule is OCCN(CCO)c1ccnc2ccc(Cl)cc12. The number of aliphatic hydroxyl groups is 2. The van der Waals surface area contributed by atoms with E-state index < -0.39 is 0 Å². The first-order valence-corrected chi connectivity index (χ1v) is 6.15. The molecule has 0 atom stereocenters. The van der Waals surface area contributed by atoms with Gasteiger partial charge in [0.15, 0.2) is 0 Å². The Morgan fingerprint density at radius 3 is 2.50 bits per heavy atom. The number of aromatic nitrogens is 1. The molecular formula is C13H15ClN2O2. The third-order valence-corrected chi connectivity index (χ3v) is 3.00. The molecule has 2 aromatic rings. The van der Waals surface area contributed by atoms with E-state index in [1.807, 2.05) is 23.1 Å². The quantitative estimate of drug-likeness (QED) is 0.865. The van der Waals surface area contributed by atoms with Crippen molar-refractivity contribution in [2.75, 3.05) is 31.2 Å². The minimum absolute atomic E-state index is 0.0321. The van der Waals surface area contributed by atoms with Crippen molar-refractivity contribution in [3.8, 4) is 0 Å². The Labute approximate surface area is 110 Å². The van der Waals surface area contributed by atoms with Gasteiger partial charge in [0.05, 0.1) is 18.7 Å². The average Bonchev–Trinajstić information content (AvgIpc) is 2.38. The van der Waals surface area contributed by atoms with Gasteiger partial charge >= 0.3 is 0 Å². The number of aliphatic hydroxyl groups excluding tert-OH is 2. The number of hydrogen-bond acceptors (Lipinski definition) is 4. The molecule has 0 radical (unpaired) electrons. The minimum Gasteiger partial charge on any atom is -0.395 e. The van der Waals surface area contributed by atoms with Gasteiger partial charge in [0, 0.05) is 35.4 Å². The predicted molar refractivity (Wildman–Crippen MR) is 73.1 cm³/mol. The van der Waals surface area contributed by atoms with Crippen LogP contribution in [0.5, 0.6) is 0 Å². The molecular weight excluding hydrogens is 252 g/mol. The Kier molecular flexibility index (Phi) is 4.36. The summed E-state index contributed by atoms with van der Waals surface area (Å²) in [6, 6.07) is 7.37. The number of pyridine rings is 1. The van der Waals surface area contributed by atoms with Crippen molar-refractivity contribution in [2.45, 2.75) is 0 Å². The topological polar surface area (TPSA) is 56.6 Å². The van der Waals surface area contributed by atoms with Gasteiger partial charge in [-0.25, -0.2) is 0 Å². The predicted octanol–water partition coefficient (Wildman–Crippen LogP) is 1.68. The highest BCUT2D eigenvalue weighted by molar-refractivity contribution is 6.31. The molecule has 18 heavy (non-hydrogen) atoms. The summed E-state index contributed by atoms with van der Waals surface area (Å²) in [5.41, 5.74) is 1.77. The molecule has 0 saturated heterocycles. The van der Waals surface area contributed by atoms with Crippen molar-refractivity contribution >= 4 is 28.2 Å². The summed E-state index contributed by atoms with van der Waals surface area (Å²) >= 11 is 6.00. The maximum absolute atomic E-state index is 9.09. The summed E-state index contributed by atoms with van der Waals surface area (Å²) in [6.07, 6.45) is 1.72. The Balaban J connectivity index is 2.50. The van der Waals surface area contributed by atoms with Crippen molar-refractivity contribution in [3.05, 3.63) is 35.5 Å². The van der Waals surface area contributed by atoms with Crippen LogP contribution in [0.2, 0.25) is 5.02 Å². The fourth-order valence-corrected chi connectivity index (χ4v) is 2.15. The molecule has 96 valence electrons. The van der Waals surface area contributed by atoms with E-state index in [0.29, 0.717) is 18.1 Å². The monoisotopic (exact) mass is 266 g/mol. The minimum atomic E-state index is 0.0321. The maximum atomic E-state index is 9.09. The molecule has 5 heteroatoms. The second kappa shape index (κ2) is 6.00. The zero-order valence-corrected chi connectivity index (χ0v) is 10.6. The van der Waals surface area contributed by atoms with Crippen LogP contribution in [0.25, 0.3) is 10.9 Å². The highest BCUT2D eigenvalue weighted by Gasteiger charge is 2.10. The molecule has 2 N–H and O–H groups in total. The van der Waals surface area contributed by atoms with Gasteiger partial charge in [-0.2, -0.15) is 0 Å². The molecule has 0 spiro atoms. The van der Waals surface area contributed by atoms with Crippen LogP contribution in [0, 0.1) is 0 Å². The van der Waals surface area contributed by atoms with Crippen molar-refractivity contribution in [3.63, 3.8) is 0 Å². The van der Waals surface area contributed by atoms with E-state index in [-0.39, 0.29) is 13.2 Å². The second-order valence-corrected chi connectivity index (χ2v) is 4.36.